The molecule has 1 aromatic carbocycles. The molecule has 0 aliphatic carbocycles. The minimum Gasteiger partial charge on any atom is -0.494 e. The fraction of sp³-hybridized carbons (Fsp3) is 0.333. The van der Waals surface area contributed by atoms with Crippen LogP contribution in [-0.2, 0) is 4.79 Å². The molecule has 0 bridgehead atoms. The Morgan fingerprint density at radius 2 is 2.32 bits per heavy atom. The number of nitrogens with two attached hydrogens (primary N) is 1. The van der Waals surface area contributed by atoms with Crippen molar-refractivity contribution in [2.24, 2.45) is 16.8 Å². The fourth-order valence-corrected chi connectivity index (χ4v) is 1.57. The molecule has 1 unspecified atom stereocenters. The van der Waals surface area contributed by atoms with Gasteiger partial charge in [-0.3, -0.25) is 4.79 Å². The van der Waals surface area contributed by atoms with Gasteiger partial charge in [-0.2, -0.15) is 0 Å². The molecule has 19 heavy (non-hydrogen) atoms. The number of benzene rings is 1. The molecular formula is C12H16FN3O3. The number of amidine groups is 1. The average molecular weight is 269 g/mol. The van der Waals surface area contributed by atoms with Crippen molar-refractivity contribution in [3.8, 4) is 5.75 Å². The number of nitrogens with one attached hydrogen (secondary N) is 1. The summed E-state index contributed by atoms with van der Waals surface area (Å²) < 4.78 is 18.0. The molecule has 1 atom stereocenters. The number of hydrogen-bond acceptors (Lipinski definition) is 4. The van der Waals surface area contributed by atoms with Crippen molar-refractivity contribution in [2.45, 2.75) is 13.3 Å². The number of ether oxygens (including phenoxy) is 1. The zero-order valence-electron chi connectivity index (χ0n) is 10.7. The van der Waals surface area contributed by atoms with Gasteiger partial charge in [-0.05, 0) is 18.6 Å². The molecule has 6 nitrogen and oxygen atoms in total. The van der Waals surface area contributed by atoms with Crippen molar-refractivity contribution in [3.63, 3.8) is 0 Å². The second kappa shape index (κ2) is 6.58. The molecule has 104 valence electrons. The maximum Gasteiger partial charge on any atom is 0.235 e. The van der Waals surface area contributed by atoms with E-state index in [2.05, 4.69) is 10.5 Å². The Morgan fingerprint density at radius 1 is 1.63 bits per heavy atom. The summed E-state index contributed by atoms with van der Waals surface area (Å²) in [5.74, 6) is -1.86. The van der Waals surface area contributed by atoms with Crippen LogP contribution in [0.25, 0.3) is 0 Å². The Morgan fingerprint density at radius 3 is 2.84 bits per heavy atom. The molecule has 0 saturated heterocycles. The Bertz CT molecular complexity index is 491. The van der Waals surface area contributed by atoms with E-state index in [0.29, 0.717) is 12.1 Å². The van der Waals surface area contributed by atoms with Crippen molar-refractivity contribution >= 4 is 17.4 Å². The van der Waals surface area contributed by atoms with E-state index in [1.54, 1.807) is 6.92 Å². The minimum absolute atomic E-state index is 0.0228. The molecule has 0 aliphatic heterocycles. The van der Waals surface area contributed by atoms with Crippen molar-refractivity contribution in [1.82, 2.24) is 0 Å². The molecular weight excluding hydrogens is 253 g/mol. The minimum atomic E-state index is -0.749. The van der Waals surface area contributed by atoms with Gasteiger partial charge in [-0.15, -0.1) is 0 Å². The zero-order valence-corrected chi connectivity index (χ0v) is 10.7. The van der Waals surface area contributed by atoms with Gasteiger partial charge in [0.05, 0.1) is 13.0 Å². The SMILES string of the molecule is CCC(C(=O)Nc1ccc(F)c(OC)c1)/C(N)=N/O. The van der Waals surface area contributed by atoms with Gasteiger partial charge < -0.3 is 21.0 Å². The number of hydrogen-bond donors (Lipinski definition) is 3. The van der Waals surface area contributed by atoms with Crippen LogP contribution < -0.4 is 15.8 Å². The summed E-state index contributed by atoms with van der Waals surface area (Å²) >= 11 is 0. The number of oxime groups is 1. The highest BCUT2D eigenvalue weighted by atomic mass is 19.1. The summed E-state index contributed by atoms with van der Waals surface area (Å²) in [5, 5.41) is 14.0. The number of carbonyl (C=O) groups is 1. The van der Waals surface area contributed by atoms with Gasteiger partial charge in [-0.1, -0.05) is 12.1 Å². The summed E-state index contributed by atoms with van der Waals surface area (Å²) in [7, 11) is 1.33. The molecule has 0 fully saturated rings. The zero-order chi connectivity index (χ0) is 14.4. The van der Waals surface area contributed by atoms with Crippen LogP contribution >= 0.6 is 0 Å². The third kappa shape index (κ3) is 3.57. The maximum absolute atomic E-state index is 13.2. The summed E-state index contributed by atoms with van der Waals surface area (Å²) in [4.78, 5) is 11.9. The van der Waals surface area contributed by atoms with Crippen molar-refractivity contribution in [3.05, 3.63) is 24.0 Å². The predicted molar refractivity (Wildman–Crippen MR) is 68.8 cm³/mol. The van der Waals surface area contributed by atoms with Crippen LogP contribution in [0.1, 0.15) is 13.3 Å². The van der Waals surface area contributed by atoms with Crippen molar-refractivity contribution < 1.29 is 19.1 Å². The van der Waals surface area contributed by atoms with Gasteiger partial charge in [0.2, 0.25) is 5.91 Å². The molecule has 1 aromatic rings. The number of amides is 1. The summed E-state index contributed by atoms with van der Waals surface area (Å²) in [5.41, 5.74) is 5.78. The van der Waals surface area contributed by atoms with Gasteiger partial charge in [0.1, 0.15) is 0 Å². The van der Waals surface area contributed by atoms with Gasteiger partial charge in [-0.25, -0.2) is 4.39 Å². The third-order valence-corrected chi connectivity index (χ3v) is 2.62. The van der Waals surface area contributed by atoms with Crippen LogP contribution in [0.15, 0.2) is 23.4 Å². The van der Waals surface area contributed by atoms with E-state index >= 15 is 0 Å². The number of rotatable bonds is 5. The molecule has 0 radical (unpaired) electrons. The first-order valence-electron chi connectivity index (χ1n) is 5.65. The standard InChI is InChI=1S/C12H16FN3O3/c1-3-8(11(14)16-18)12(17)15-7-4-5-9(13)10(6-7)19-2/h4-6,8,18H,3H2,1-2H3,(H2,14,16)(H,15,17). The fourth-order valence-electron chi connectivity index (χ4n) is 1.57. The second-order valence-corrected chi connectivity index (χ2v) is 3.82. The molecule has 0 heterocycles. The lowest BCUT2D eigenvalue weighted by atomic mass is 10.0. The summed E-state index contributed by atoms with van der Waals surface area (Å²) in [6.07, 6.45) is 0.375. The number of nitrogens with zero attached hydrogens (tertiary/aromatic N) is 1. The number of anilines is 1. The molecule has 0 aliphatic rings. The van der Waals surface area contributed by atoms with E-state index in [0.717, 1.165) is 0 Å². The highest BCUT2D eigenvalue weighted by molar-refractivity contribution is 6.07. The molecule has 1 amide bonds. The van der Waals surface area contributed by atoms with Crippen molar-refractivity contribution in [1.29, 1.82) is 0 Å². The van der Waals surface area contributed by atoms with Crippen LogP contribution in [0.3, 0.4) is 0 Å². The second-order valence-electron chi connectivity index (χ2n) is 3.82. The van der Waals surface area contributed by atoms with Crippen LogP contribution in [0.5, 0.6) is 5.75 Å². The van der Waals surface area contributed by atoms with Gasteiger partial charge in [0.15, 0.2) is 17.4 Å². The van der Waals surface area contributed by atoms with E-state index in [4.69, 9.17) is 15.7 Å². The van der Waals surface area contributed by atoms with Crippen LogP contribution in [0, 0.1) is 11.7 Å². The first-order valence-corrected chi connectivity index (χ1v) is 5.65. The number of carbonyl (C=O) groups excluding carboxylic acids is 1. The molecule has 0 saturated carbocycles. The normalized spacial score (nSPS) is 12.9. The van der Waals surface area contributed by atoms with Crippen LogP contribution in [0.2, 0.25) is 0 Å². The van der Waals surface area contributed by atoms with Crippen LogP contribution in [-0.4, -0.2) is 24.1 Å². The molecule has 4 N–H and O–H groups in total. The average Bonchev–Trinajstić information content (AvgIpc) is 2.41. The van der Waals surface area contributed by atoms with E-state index in [1.807, 2.05) is 0 Å². The number of halogens is 1. The monoisotopic (exact) mass is 269 g/mol. The van der Waals surface area contributed by atoms with Gasteiger partial charge in [0, 0.05) is 11.8 Å². The first-order chi connectivity index (χ1) is 9.03. The van der Waals surface area contributed by atoms with Gasteiger partial charge in [0.25, 0.3) is 0 Å². The Hall–Kier alpha value is -2.31. The van der Waals surface area contributed by atoms with E-state index in [-0.39, 0.29) is 11.6 Å². The predicted octanol–water partition coefficient (Wildman–Crippen LogP) is 1.55. The van der Waals surface area contributed by atoms with E-state index in [1.165, 1.54) is 25.3 Å². The topological polar surface area (TPSA) is 96.9 Å². The molecule has 1 rings (SSSR count). The van der Waals surface area contributed by atoms with Crippen molar-refractivity contribution in [2.75, 3.05) is 12.4 Å². The number of methoxy groups -OCH3 is 1. The lowest BCUT2D eigenvalue weighted by molar-refractivity contribution is -0.118. The molecule has 0 aromatic heterocycles. The summed E-state index contributed by atoms with van der Waals surface area (Å²) in [6, 6.07) is 3.93. The van der Waals surface area contributed by atoms with Crippen LogP contribution in [0.4, 0.5) is 10.1 Å². The Labute approximate surface area is 110 Å². The Balaban J connectivity index is 2.87. The smallest absolute Gasteiger partial charge is 0.235 e. The first kappa shape index (κ1) is 14.7. The molecule has 7 heteroatoms. The quantitative estimate of drug-likeness (QED) is 0.327. The lowest BCUT2D eigenvalue weighted by Crippen LogP contribution is -2.34. The highest BCUT2D eigenvalue weighted by Gasteiger charge is 2.21. The summed E-state index contributed by atoms with van der Waals surface area (Å²) in [6.45, 7) is 1.73. The Kier molecular flexibility index (Phi) is 5.11. The lowest BCUT2D eigenvalue weighted by Gasteiger charge is -2.14. The van der Waals surface area contributed by atoms with E-state index < -0.39 is 17.6 Å². The largest absolute Gasteiger partial charge is 0.494 e. The maximum atomic E-state index is 13.2. The third-order valence-electron chi connectivity index (χ3n) is 2.62. The van der Waals surface area contributed by atoms with Gasteiger partial charge >= 0.3 is 0 Å². The molecule has 0 spiro atoms. The highest BCUT2D eigenvalue weighted by Crippen LogP contribution is 2.22. The van der Waals surface area contributed by atoms with E-state index in [9.17, 15) is 9.18 Å².